The highest BCUT2D eigenvalue weighted by molar-refractivity contribution is 7.09. The number of piperidine rings is 1. The fraction of sp³-hybridized carbons (Fsp3) is 0.765. The molecule has 1 aromatic rings. The monoisotopic (exact) mass is 395 g/mol. The molecule has 1 aromatic heterocycles. The molecule has 2 N–H and O–H groups in total. The lowest BCUT2D eigenvalue weighted by Gasteiger charge is -2.39. The predicted octanol–water partition coefficient (Wildman–Crippen LogP) is 4.02. The number of hydrogen-bond donors (Lipinski definition) is 1. The minimum absolute atomic E-state index is 0. The second-order valence-electron chi connectivity index (χ2n) is 6.31. The maximum atomic E-state index is 13.0. The van der Waals surface area contributed by atoms with E-state index < -0.39 is 0 Å². The number of halogens is 2. The summed E-state index contributed by atoms with van der Waals surface area (Å²) in [7, 11) is 0. The van der Waals surface area contributed by atoms with Gasteiger partial charge in [-0.3, -0.25) is 4.79 Å². The number of amides is 1. The van der Waals surface area contributed by atoms with Gasteiger partial charge in [0.05, 0.1) is 16.1 Å². The first-order valence-electron chi connectivity index (χ1n) is 8.53. The van der Waals surface area contributed by atoms with E-state index in [-0.39, 0.29) is 36.1 Å². The van der Waals surface area contributed by atoms with Gasteiger partial charge in [0, 0.05) is 30.9 Å². The van der Waals surface area contributed by atoms with Crippen LogP contribution in [-0.2, 0) is 11.2 Å². The van der Waals surface area contributed by atoms with Gasteiger partial charge in [-0.2, -0.15) is 0 Å². The highest BCUT2D eigenvalue weighted by Gasteiger charge is 2.38. The van der Waals surface area contributed by atoms with Crippen molar-refractivity contribution in [3.8, 4) is 0 Å². The van der Waals surface area contributed by atoms with Crippen molar-refractivity contribution in [2.24, 2.45) is 11.1 Å². The predicted molar refractivity (Wildman–Crippen MR) is 107 cm³/mol. The molecule has 2 rings (SSSR count). The highest BCUT2D eigenvalue weighted by Crippen LogP contribution is 2.34. The normalized spacial score (nSPS) is 17.8. The van der Waals surface area contributed by atoms with Crippen molar-refractivity contribution in [3.05, 3.63) is 16.1 Å². The van der Waals surface area contributed by atoms with Crippen LogP contribution in [0.1, 0.15) is 63.1 Å². The Morgan fingerprint density at radius 3 is 2.54 bits per heavy atom. The van der Waals surface area contributed by atoms with Crippen LogP contribution in [0.2, 0.25) is 0 Å². The zero-order chi connectivity index (χ0) is 16.2. The highest BCUT2D eigenvalue weighted by atomic mass is 35.5. The molecule has 1 amide bonds. The summed E-state index contributed by atoms with van der Waals surface area (Å²) in [6.07, 6.45) is 4.81. The van der Waals surface area contributed by atoms with Gasteiger partial charge in [0.1, 0.15) is 0 Å². The van der Waals surface area contributed by atoms with Crippen molar-refractivity contribution in [3.63, 3.8) is 0 Å². The van der Waals surface area contributed by atoms with Crippen LogP contribution in [0.25, 0.3) is 0 Å². The van der Waals surface area contributed by atoms with E-state index in [1.165, 1.54) is 10.7 Å². The minimum Gasteiger partial charge on any atom is -0.341 e. The average molecular weight is 396 g/mol. The van der Waals surface area contributed by atoms with Gasteiger partial charge in [-0.15, -0.1) is 36.2 Å². The second-order valence-corrected chi connectivity index (χ2v) is 7.20. The Kier molecular flexibility index (Phi) is 10.4. The zero-order valence-electron chi connectivity index (χ0n) is 14.9. The molecule has 1 aliphatic heterocycles. The SMILES string of the molecule is CCc1csc(C2CCCN(C(=O)C(CC)(CC)CN)C2)n1.Cl.Cl. The van der Waals surface area contributed by atoms with Crippen LogP contribution >= 0.6 is 36.2 Å². The lowest BCUT2D eigenvalue weighted by molar-refractivity contribution is -0.143. The van der Waals surface area contributed by atoms with E-state index >= 15 is 0 Å². The molecule has 4 nitrogen and oxygen atoms in total. The maximum Gasteiger partial charge on any atom is 0.230 e. The topological polar surface area (TPSA) is 59.2 Å². The molecule has 0 aromatic carbocycles. The van der Waals surface area contributed by atoms with Gasteiger partial charge >= 0.3 is 0 Å². The van der Waals surface area contributed by atoms with Gasteiger partial charge in [-0.25, -0.2) is 4.98 Å². The van der Waals surface area contributed by atoms with Gasteiger partial charge in [0.2, 0.25) is 5.91 Å². The summed E-state index contributed by atoms with van der Waals surface area (Å²) in [5, 5.41) is 3.35. The van der Waals surface area contributed by atoms with E-state index in [1.54, 1.807) is 11.3 Å². The molecule has 0 aliphatic carbocycles. The van der Waals surface area contributed by atoms with E-state index in [0.717, 1.165) is 45.2 Å². The molecule has 24 heavy (non-hydrogen) atoms. The van der Waals surface area contributed by atoms with Crippen molar-refractivity contribution >= 4 is 42.1 Å². The van der Waals surface area contributed by atoms with Gasteiger partial charge in [0.15, 0.2) is 0 Å². The van der Waals surface area contributed by atoms with Crippen molar-refractivity contribution in [1.82, 2.24) is 9.88 Å². The lowest BCUT2D eigenvalue weighted by atomic mass is 9.80. The number of aromatic nitrogens is 1. The third-order valence-electron chi connectivity index (χ3n) is 5.19. The molecule has 1 saturated heterocycles. The molecule has 1 unspecified atom stereocenters. The largest absolute Gasteiger partial charge is 0.341 e. The summed E-state index contributed by atoms with van der Waals surface area (Å²) in [4.78, 5) is 19.7. The van der Waals surface area contributed by atoms with E-state index in [1.807, 2.05) is 4.90 Å². The summed E-state index contributed by atoms with van der Waals surface area (Å²) in [6, 6.07) is 0. The Morgan fingerprint density at radius 2 is 2.04 bits per heavy atom. The first kappa shape index (κ1) is 23.6. The van der Waals surface area contributed by atoms with Crippen LogP contribution in [0.4, 0.5) is 0 Å². The third kappa shape index (κ3) is 4.84. The first-order valence-corrected chi connectivity index (χ1v) is 9.41. The number of hydrogen-bond acceptors (Lipinski definition) is 4. The molecular weight excluding hydrogens is 365 g/mol. The number of nitrogens with zero attached hydrogens (tertiary/aromatic N) is 2. The summed E-state index contributed by atoms with van der Waals surface area (Å²) < 4.78 is 0. The Hall–Kier alpha value is -0.360. The molecule has 1 aliphatic rings. The van der Waals surface area contributed by atoms with Crippen molar-refractivity contribution in [2.45, 2.75) is 58.8 Å². The van der Waals surface area contributed by atoms with Crippen molar-refractivity contribution in [1.29, 1.82) is 0 Å². The number of nitrogens with two attached hydrogens (primary N) is 1. The molecule has 0 radical (unpaired) electrons. The summed E-state index contributed by atoms with van der Waals surface area (Å²) in [6.45, 7) is 8.39. The smallest absolute Gasteiger partial charge is 0.230 e. The summed E-state index contributed by atoms with van der Waals surface area (Å²) in [5.41, 5.74) is 6.74. The lowest BCUT2D eigenvalue weighted by Crippen LogP contribution is -2.50. The molecule has 0 saturated carbocycles. The summed E-state index contributed by atoms with van der Waals surface area (Å²) >= 11 is 1.75. The van der Waals surface area contributed by atoms with E-state index in [2.05, 4.69) is 26.2 Å². The summed E-state index contributed by atoms with van der Waals surface area (Å²) in [5.74, 6) is 0.643. The van der Waals surface area contributed by atoms with Crippen LogP contribution < -0.4 is 5.73 Å². The van der Waals surface area contributed by atoms with Gasteiger partial charge in [-0.1, -0.05) is 20.8 Å². The fourth-order valence-electron chi connectivity index (χ4n) is 3.30. The van der Waals surface area contributed by atoms with Gasteiger partial charge in [0.25, 0.3) is 0 Å². The molecule has 1 atom stereocenters. The molecule has 0 spiro atoms. The molecule has 2 heterocycles. The standard InChI is InChI=1S/C17H29N3OS.2ClH/c1-4-14-11-22-15(19-14)13-8-7-9-20(10-13)16(21)17(5-2,6-3)12-18;;/h11,13H,4-10,12,18H2,1-3H3;2*1H. The quantitative estimate of drug-likeness (QED) is 0.790. The number of carbonyl (C=O) groups excluding carboxylic acids is 1. The minimum atomic E-state index is -0.376. The molecular formula is C17H31Cl2N3OS. The average Bonchev–Trinajstić information content (AvgIpc) is 3.06. The van der Waals surface area contributed by atoms with E-state index in [9.17, 15) is 4.79 Å². The van der Waals surface area contributed by atoms with E-state index in [0.29, 0.717) is 12.5 Å². The van der Waals surface area contributed by atoms with Crippen LogP contribution in [-0.4, -0.2) is 35.4 Å². The molecule has 140 valence electrons. The Bertz CT molecular complexity index is 498. The first-order chi connectivity index (χ1) is 10.6. The van der Waals surface area contributed by atoms with Crippen LogP contribution in [0, 0.1) is 5.41 Å². The molecule has 1 fully saturated rings. The van der Waals surface area contributed by atoms with Crippen LogP contribution in [0.3, 0.4) is 0 Å². The van der Waals surface area contributed by atoms with Gasteiger partial charge < -0.3 is 10.6 Å². The number of carbonyl (C=O) groups is 1. The number of thiazole rings is 1. The zero-order valence-corrected chi connectivity index (χ0v) is 17.4. The number of aryl methyl sites for hydroxylation is 1. The number of likely N-dealkylation sites (tertiary alicyclic amines) is 1. The van der Waals surface area contributed by atoms with Crippen molar-refractivity contribution in [2.75, 3.05) is 19.6 Å². The van der Waals surface area contributed by atoms with Gasteiger partial charge in [-0.05, 0) is 32.1 Å². The number of rotatable bonds is 6. The fourth-order valence-corrected chi connectivity index (χ4v) is 4.33. The Labute approximate surface area is 162 Å². The second kappa shape index (κ2) is 10.6. The Morgan fingerprint density at radius 1 is 1.38 bits per heavy atom. The Balaban J connectivity index is 0.00000264. The maximum absolute atomic E-state index is 13.0. The van der Waals surface area contributed by atoms with Crippen molar-refractivity contribution < 1.29 is 4.79 Å². The van der Waals surface area contributed by atoms with Crippen LogP contribution in [0.5, 0.6) is 0 Å². The molecule has 0 bridgehead atoms. The van der Waals surface area contributed by atoms with E-state index in [4.69, 9.17) is 10.7 Å². The molecule has 7 heteroatoms. The third-order valence-corrected chi connectivity index (χ3v) is 6.24. The van der Waals surface area contributed by atoms with Crippen LogP contribution in [0.15, 0.2) is 5.38 Å².